The van der Waals surface area contributed by atoms with Gasteiger partial charge in [0.1, 0.15) is 11.3 Å². The minimum Gasteiger partial charge on any atom is -0.484 e. The summed E-state index contributed by atoms with van der Waals surface area (Å²) >= 11 is 3.36. The molecule has 23 heavy (non-hydrogen) atoms. The van der Waals surface area contributed by atoms with Gasteiger partial charge in [-0.15, -0.1) is 0 Å². The Labute approximate surface area is 140 Å². The molecular formula is C17H12BrNO4. The van der Waals surface area contributed by atoms with E-state index in [4.69, 9.17) is 9.15 Å². The fourth-order valence-corrected chi connectivity index (χ4v) is 2.41. The highest BCUT2D eigenvalue weighted by Gasteiger charge is 2.07. The summed E-state index contributed by atoms with van der Waals surface area (Å²) in [5.74, 6) is 0.167. The second kappa shape index (κ2) is 6.66. The zero-order valence-corrected chi connectivity index (χ0v) is 13.5. The van der Waals surface area contributed by atoms with Crippen LogP contribution in [-0.4, -0.2) is 12.5 Å². The van der Waals surface area contributed by atoms with Crippen molar-refractivity contribution in [3.8, 4) is 5.75 Å². The van der Waals surface area contributed by atoms with Crippen LogP contribution < -0.4 is 15.7 Å². The summed E-state index contributed by atoms with van der Waals surface area (Å²) in [6, 6.07) is 15.4. The number of amides is 1. The lowest BCUT2D eigenvalue weighted by Gasteiger charge is -2.09. The smallest absolute Gasteiger partial charge is 0.336 e. The molecule has 116 valence electrons. The third-order valence-corrected chi connectivity index (χ3v) is 3.80. The Morgan fingerprint density at radius 3 is 2.74 bits per heavy atom. The highest BCUT2D eigenvalue weighted by Crippen LogP contribution is 2.22. The number of halogens is 1. The zero-order chi connectivity index (χ0) is 16.2. The molecule has 0 bridgehead atoms. The summed E-state index contributed by atoms with van der Waals surface area (Å²) in [7, 11) is 0. The lowest BCUT2D eigenvalue weighted by atomic mass is 10.2. The van der Waals surface area contributed by atoms with Gasteiger partial charge in [0.15, 0.2) is 6.61 Å². The Balaban J connectivity index is 1.67. The average Bonchev–Trinajstić information content (AvgIpc) is 2.54. The van der Waals surface area contributed by atoms with Crippen molar-refractivity contribution in [2.75, 3.05) is 11.9 Å². The lowest BCUT2D eigenvalue weighted by Crippen LogP contribution is -2.20. The number of ether oxygens (including phenoxy) is 1. The Morgan fingerprint density at radius 1 is 1.13 bits per heavy atom. The van der Waals surface area contributed by atoms with E-state index in [1.807, 2.05) is 18.2 Å². The fraction of sp³-hybridized carbons (Fsp3) is 0.0588. The van der Waals surface area contributed by atoms with Crippen molar-refractivity contribution < 1.29 is 13.9 Å². The third kappa shape index (κ3) is 3.78. The van der Waals surface area contributed by atoms with Crippen LogP contribution in [0, 0.1) is 0 Å². The Hall–Kier alpha value is -2.60. The summed E-state index contributed by atoms with van der Waals surface area (Å²) < 4.78 is 11.3. The highest BCUT2D eigenvalue weighted by atomic mass is 79.9. The van der Waals surface area contributed by atoms with Crippen molar-refractivity contribution in [3.63, 3.8) is 0 Å². The molecule has 0 aliphatic rings. The molecule has 2 aromatic carbocycles. The summed E-state index contributed by atoms with van der Waals surface area (Å²) in [4.78, 5) is 23.1. The van der Waals surface area contributed by atoms with E-state index in [2.05, 4.69) is 21.2 Å². The Bertz CT molecular complexity index is 920. The molecule has 0 unspecified atom stereocenters. The van der Waals surface area contributed by atoms with Gasteiger partial charge in [0.2, 0.25) is 0 Å². The number of fused-ring (bicyclic) bond motifs is 1. The number of carbonyl (C=O) groups is 1. The van der Waals surface area contributed by atoms with Crippen LogP contribution in [0.1, 0.15) is 0 Å². The summed E-state index contributed by atoms with van der Waals surface area (Å²) in [5.41, 5.74) is 0.660. The van der Waals surface area contributed by atoms with E-state index in [-0.39, 0.29) is 12.5 Å². The predicted octanol–water partition coefficient (Wildman–Crippen LogP) is 3.57. The molecule has 0 aliphatic heterocycles. The van der Waals surface area contributed by atoms with Gasteiger partial charge >= 0.3 is 5.63 Å². The van der Waals surface area contributed by atoms with Crippen LogP contribution in [0.15, 0.2) is 68.3 Å². The van der Waals surface area contributed by atoms with Crippen molar-refractivity contribution in [1.29, 1.82) is 0 Å². The Kier molecular flexibility index (Phi) is 4.43. The van der Waals surface area contributed by atoms with E-state index >= 15 is 0 Å². The first-order valence-corrected chi connectivity index (χ1v) is 7.62. The second-order valence-electron chi connectivity index (χ2n) is 4.77. The number of nitrogens with one attached hydrogen (secondary N) is 1. The van der Waals surface area contributed by atoms with Crippen molar-refractivity contribution in [3.05, 3.63) is 69.5 Å². The molecule has 0 radical (unpaired) electrons. The molecule has 0 saturated carbocycles. The zero-order valence-electron chi connectivity index (χ0n) is 11.9. The van der Waals surface area contributed by atoms with Crippen molar-refractivity contribution >= 4 is 38.5 Å². The second-order valence-corrected chi connectivity index (χ2v) is 5.63. The van der Waals surface area contributed by atoms with Gasteiger partial charge in [-0.3, -0.25) is 4.79 Å². The van der Waals surface area contributed by atoms with Gasteiger partial charge in [0.25, 0.3) is 5.91 Å². The number of hydrogen-bond donors (Lipinski definition) is 1. The number of carbonyl (C=O) groups excluding carboxylic acids is 1. The van der Waals surface area contributed by atoms with Gasteiger partial charge in [-0.1, -0.05) is 12.1 Å². The average molecular weight is 374 g/mol. The van der Waals surface area contributed by atoms with E-state index in [0.717, 1.165) is 9.86 Å². The van der Waals surface area contributed by atoms with E-state index in [1.54, 1.807) is 30.3 Å². The van der Waals surface area contributed by atoms with Gasteiger partial charge in [0.05, 0.1) is 5.69 Å². The monoisotopic (exact) mass is 373 g/mol. The molecule has 1 aromatic heterocycles. The summed E-state index contributed by atoms with van der Waals surface area (Å²) in [6.07, 6.45) is 0. The minimum absolute atomic E-state index is 0.149. The molecule has 6 heteroatoms. The van der Waals surface area contributed by atoms with Crippen LogP contribution in [0.25, 0.3) is 11.0 Å². The van der Waals surface area contributed by atoms with Crippen LogP contribution in [0.4, 0.5) is 5.69 Å². The predicted molar refractivity (Wildman–Crippen MR) is 90.8 cm³/mol. The van der Waals surface area contributed by atoms with E-state index in [1.165, 1.54) is 6.07 Å². The third-order valence-electron chi connectivity index (χ3n) is 3.11. The molecule has 1 N–H and O–H groups in total. The standard InChI is InChI=1S/C17H12BrNO4/c18-13-3-1-2-4-14(13)19-16(20)10-22-12-7-5-11-6-8-17(21)23-15(11)9-12/h1-9H,10H2,(H,19,20). The minimum atomic E-state index is -0.429. The van der Waals surface area contributed by atoms with Gasteiger partial charge in [-0.25, -0.2) is 4.79 Å². The van der Waals surface area contributed by atoms with E-state index in [0.29, 0.717) is 17.0 Å². The van der Waals surface area contributed by atoms with Gasteiger partial charge in [-0.05, 0) is 46.3 Å². The maximum Gasteiger partial charge on any atom is 0.336 e. The molecule has 0 spiro atoms. The number of rotatable bonds is 4. The van der Waals surface area contributed by atoms with E-state index < -0.39 is 5.63 Å². The van der Waals surface area contributed by atoms with Crippen LogP contribution in [0.2, 0.25) is 0 Å². The van der Waals surface area contributed by atoms with Crippen LogP contribution in [0.3, 0.4) is 0 Å². The maximum absolute atomic E-state index is 11.9. The van der Waals surface area contributed by atoms with Gasteiger partial charge in [-0.2, -0.15) is 0 Å². The first-order chi connectivity index (χ1) is 11.1. The quantitative estimate of drug-likeness (QED) is 0.709. The van der Waals surface area contributed by atoms with Gasteiger partial charge < -0.3 is 14.5 Å². The molecule has 0 fully saturated rings. The van der Waals surface area contributed by atoms with Crippen LogP contribution in [0.5, 0.6) is 5.75 Å². The SMILES string of the molecule is O=C(COc1ccc2ccc(=O)oc2c1)Nc1ccccc1Br. The number of benzene rings is 2. The number of para-hydroxylation sites is 1. The topological polar surface area (TPSA) is 68.5 Å². The fourth-order valence-electron chi connectivity index (χ4n) is 2.03. The summed E-state index contributed by atoms with van der Waals surface area (Å²) in [5, 5.41) is 3.53. The summed E-state index contributed by atoms with van der Waals surface area (Å²) in [6.45, 7) is -0.149. The van der Waals surface area contributed by atoms with Crippen molar-refractivity contribution in [1.82, 2.24) is 0 Å². The normalized spacial score (nSPS) is 10.5. The van der Waals surface area contributed by atoms with Crippen LogP contribution in [-0.2, 0) is 4.79 Å². The largest absolute Gasteiger partial charge is 0.484 e. The van der Waals surface area contributed by atoms with E-state index in [9.17, 15) is 9.59 Å². The number of hydrogen-bond acceptors (Lipinski definition) is 4. The molecule has 0 atom stereocenters. The first kappa shape index (κ1) is 15.3. The number of anilines is 1. The van der Waals surface area contributed by atoms with Crippen molar-refractivity contribution in [2.45, 2.75) is 0 Å². The molecule has 0 saturated heterocycles. The molecular weight excluding hydrogens is 362 g/mol. The molecule has 1 heterocycles. The van der Waals surface area contributed by atoms with Crippen LogP contribution >= 0.6 is 15.9 Å². The molecule has 1 amide bonds. The lowest BCUT2D eigenvalue weighted by molar-refractivity contribution is -0.118. The van der Waals surface area contributed by atoms with Gasteiger partial charge in [0, 0.05) is 22.0 Å². The molecule has 0 aliphatic carbocycles. The first-order valence-electron chi connectivity index (χ1n) is 6.83. The van der Waals surface area contributed by atoms with Crippen molar-refractivity contribution in [2.24, 2.45) is 0 Å². The highest BCUT2D eigenvalue weighted by molar-refractivity contribution is 9.10. The molecule has 3 aromatic rings. The maximum atomic E-state index is 11.9. The molecule has 5 nitrogen and oxygen atoms in total. The molecule has 3 rings (SSSR count). The Morgan fingerprint density at radius 2 is 1.91 bits per heavy atom.